The first kappa shape index (κ1) is 19.2. The van der Waals surface area contributed by atoms with Gasteiger partial charge in [0, 0.05) is 39.3 Å². The molecule has 154 valence electrons. The third-order valence-corrected chi connectivity index (χ3v) is 6.16. The van der Waals surface area contributed by atoms with Crippen LogP contribution in [0.5, 0.6) is 0 Å². The Morgan fingerprint density at radius 2 is 1.79 bits per heavy atom. The largest absolute Gasteiger partial charge is 0.353 e. The van der Waals surface area contributed by atoms with Crippen molar-refractivity contribution < 1.29 is 4.79 Å². The lowest BCUT2D eigenvalue weighted by molar-refractivity contribution is -0.136. The number of carbonyl (C=O) groups excluding carboxylic acids is 1. The molecule has 28 heavy (non-hydrogen) atoms. The van der Waals surface area contributed by atoms with Crippen LogP contribution in [-0.2, 0) is 18.4 Å². The van der Waals surface area contributed by atoms with Crippen LogP contribution in [0.1, 0.15) is 37.3 Å². The molecule has 9 heteroatoms. The van der Waals surface area contributed by atoms with E-state index in [2.05, 4.69) is 32.4 Å². The van der Waals surface area contributed by atoms with E-state index < -0.39 is 0 Å². The Morgan fingerprint density at radius 1 is 1.07 bits per heavy atom. The van der Waals surface area contributed by atoms with Crippen LogP contribution >= 0.6 is 0 Å². The minimum atomic E-state index is 0.0726. The molecule has 1 atom stereocenters. The number of hydrogen-bond donors (Lipinski definition) is 1. The normalized spacial score (nSPS) is 24.1. The topological polar surface area (TPSA) is 81.9 Å². The van der Waals surface area contributed by atoms with E-state index in [4.69, 9.17) is 4.99 Å². The Bertz CT molecular complexity index is 732. The quantitative estimate of drug-likeness (QED) is 0.576. The predicted octanol–water partition coefficient (Wildman–Crippen LogP) is -0.0301. The first-order valence-corrected chi connectivity index (χ1v) is 10.4. The van der Waals surface area contributed by atoms with Gasteiger partial charge in [-0.25, -0.2) is 4.99 Å². The van der Waals surface area contributed by atoms with Gasteiger partial charge in [0.25, 0.3) is 0 Å². The number of rotatable bonds is 4. The Morgan fingerprint density at radius 3 is 2.36 bits per heavy atom. The Labute approximate surface area is 166 Å². The zero-order valence-electron chi connectivity index (χ0n) is 17.3. The molecule has 1 amide bonds. The second kappa shape index (κ2) is 8.06. The highest BCUT2D eigenvalue weighted by atomic mass is 16.2. The third kappa shape index (κ3) is 4.14. The zero-order valence-corrected chi connectivity index (χ0v) is 17.3. The highest BCUT2D eigenvalue weighted by molar-refractivity contribution is 5.83. The van der Waals surface area contributed by atoms with Gasteiger partial charge in [-0.15, -0.1) is 10.2 Å². The monoisotopic (exact) mass is 388 g/mol. The van der Waals surface area contributed by atoms with Crippen molar-refractivity contribution in [2.75, 3.05) is 39.8 Å². The van der Waals surface area contributed by atoms with Crippen LogP contribution < -0.4 is 5.32 Å². The van der Waals surface area contributed by atoms with Gasteiger partial charge in [0.2, 0.25) is 5.91 Å². The third-order valence-electron chi connectivity index (χ3n) is 6.16. The van der Waals surface area contributed by atoms with Gasteiger partial charge in [-0.3, -0.25) is 9.69 Å². The fraction of sp³-hybridized carbons (Fsp3) is 0.789. The van der Waals surface area contributed by atoms with Gasteiger partial charge in [0.1, 0.15) is 12.4 Å². The molecule has 1 unspecified atom stereocenters. The van der Waals surface area contributed by atoms with E-state index in [9.17, 15) is 4.79 Å². The first-order valence-electron chi connectivity index (χ1n) is 10.4. The molecule has 9 nitrogen and oxygen atoms in total. The van der Waals surface area contributed by atoms with E-state index in [0.29, 0.717) is 18.5 Å². The van der Waals surface area contributed by atoms with Gasteiger partial charge < -0.3 is 19.7 Å². The average Bonchev–Trinajstić information content (AvgIpc) is 3.34. The summed E-state index contributed by atoms with van der Waals surface area (Å²) < 4.78 is 1.98. The minimum absolute atomic E-state index is 0.0726. The summed E-state index contributed by atoms with van der Waals surface area (Å²) in [5, 5.41) is 11.9. The molecule has 3 heterocycles. The molecule has 0 radical (unpaired) electrons. The molecule has 4 rings (SSSR count). The molecule has 1 aromatic rings. The maximum atomic E-state index is 12.8. The summed E-state index contributed by atoms with van der Waals surface area (Å²) in [5.74, 6) is 2.99. The first-order chi connectivity index (χ1) is 13.5. The van der Waals surface area contributed by atoms with Crippen molar-refractivity contribution >= 4 is 11.9 Å². The molecule has 3 fully saturated rings. The predicted molar refractivity (Wildman–Crippen MR) is 107 cm³/mol. The number of aryl methyl sites for hydroxylation is 1. The summed E-state index contributed by atoms with van der Waals surface area (Å²) in [6, 6.07) is 0.607. The van der Waals surface area contributed by atoms with E-state index in [0.717, 1.165) is 63.2 Å². The van der Waals surface area contributed by atoms with Crippen molar-refractivity contribution in [3.63, 3.8) is 0 Å². The lowest BCUT2D eigenvalue weighted by Gasteiger charge is -2.38. The second-order valence-corrected chi connectivity index (χ2v) is 8.23. The molecule has 1 N–H and O–H groups in total. The maximum Gasteiger partial charge on any atom is 0.240 e. The Kier molecular flexibility index (Phi) is 5.52. The molecule has 0 bridgehead atoms. The number of aliphatic imine (C=N–C) groups is 1. The van der Waals surface area contributed by atoms with Gasteiger partial charge in [-0.05, 0) is 46.2 Å². The molecule has 2 saturated heterocycles. The lowest BCUT2D eigenvalue weighted by atomic mass is 10.2. The van der Waals surface area contributed by atoms with Crippen LogP contribution in [0.15, 0.2) is 4.99 Å². The van der Waals surface area contributed by atoms with Crippen LogP contribution in [0.2, 0.25) is 0 Å². The van der Waals surface area contributed by atoms with Crippen molar-refractivity contribution in [2.45, 2.75) is 51.2 Å². The molecule has 0 spiro atoms. The van der Waals surface area contributed by atoms with Crippen molar-refractivity contribution in [3.8, 4) is 0 Å². The van der Waals surface area contributed by atoms with Gasteiger partial charge in [-0.1, -0.05) is 0 Å². The number of guanidine groups is 1. The zero-order chi connectivity index (χ0) is 19.7. The van der Waals surface area contributed by atoms with Crippen LogP contribution in [0.3, 0.4) is 0 Å². The summed E-state index contributed by atoms with van der Waals surface area (Å²) in [5.41, 5.74) is 0. The van der Waals surface area contributed by atoms with Crippen LogP contribution in [0.25, 0.3) is 0 Å². The van der Waals surface area contributed by atoms with Crippen molar-refractivity contribution in [1.82, 2.24) is 34.8 Å². The minimum Gasteiger partial charge on any atom is -0.353 e. The van der Waals surface area contributed by atoms with E-state index in [-0.39, 0.29) is 6.04 Å². The molecule has 3 aliphatic rings. The van der Waals surface area contributed by atoms with Gasteiger partial charge >= 0.3 is 0 Å². The Balaban J connectivity index is 1.37. The summed E-state index contributed by atoms with van der Waals surface area (Å²) in [6.07, 6.45) is 4.52. The van der Waals surface area contributed by atoms with Gasteiger partial charge in [0.05, 0.1) is 6.04 Å². The standard InChI is InChI=1S/C19H32N8O/c1-14-22-23-17(25(14)3)13-20-19(21-15-6-7-15)27-11-9-26(10-12-27)18(28)16-5-4-8-24(16)2/h15-16H,4-13H2,1-3H3,(H,20,21). The smallest absolute Gasteiger partial charge is 0.240 e. The highest BCUT2D eigenvalue weighted by Gasteiger charge is 2.34. The average molecular weight is 389 g/mol. The summed E-state index contributed by atoms with van der Waals surface area (Å²) in [4.78, 5) is 24.2. The van der Waals surface area contributed by atoms with Gasteiger partial charge in [-0.2, -0.15) is 0 Å². The number of nitrogens with one attached hydrogen (secondary N) is 1. The molecule has 1 aliphatic carbocycles. The number of likely N-dealkylation sites (N-methyl/N-ethyl adjacent to an activating group) is 1. The van der Waals surface area contributed by atoms with Crippen LogP contribution in [0, 0.1) is 6.92 Å². The molecule has 0 aromatic carbocycles. The number of amides is 1. The van der Waals surface area contributed by atoms with Crippen LogP contribution in [0.4, 0.5) is 0 Å². The van der Waals surface area contributed by atoms with Crippen molar-refractivity contribution in [1.29, 1.82) is 0 Å². The number of likely N-dealkylation sites (tertiary alicyclic amines) is 1. The molecular weight excluding hydrogens is 356 g/mol. The SMILES string of the molecule is Cc1nnc(CN=C(NC2CC2)N2CCN(C(=O)C3CCCN3C)CC2)n1C. The van der Waals surface area contributed by atoms with Crippen LogP contribution in [-0.4, -0.2) is 93.2 Å². The molecular formula is C19H32N8O. The summed E-state index contributed by atoms with van der Waals surface area (Å²) in [7, 11) is 4.03. The molecule has 1 saturated carbocycles. The van der Waals surface area contributed by atoms with E-state index >= 15 is 0 Å². The molecule has 1 aromatic heterocycles. The maximum absolute atomic E-state index is 12.8. The summed E-state index contributed by atoms with van der Waals surface area (Å²) in [6.45, 7) is 6.65. The lowest BCUT2D eigenvalue weighted by Crippen LogP contribution is -2.56. The number of piperazine rings is 1. The number of hydrogen-bond acceptors (Lipinski definition) is 5. The number of carbonyl (C=O) groups is 1. The second-order valence-electron chi connectivity index (χ2n) is 8.23. The number of aromatic nitrogens is 3. The van der Waals surface area contributed by atoms with E-state index in [1.165, 1.54) is 12.8 Å². The highest BCUT2D eigenvalue weighted by Crippen LogP contribution is 2.20. The fourth-order valence-corrected chi connectivity index (χ4v) is 3.95. The van der Waals surface area contributed by atoms with E-state index in [1.54, 1.807) is 0 Å². The number of nitrogens with zero attached hydrogens (tertiary/aromatic N) is 7. The van der Waals surface area contributed by atoms with Crippen molar-refractivity contribution in [3.05, 3.63) is 11.6 Å². The fourth-order valence-electron chi connectivity index (χ4n) is 3.95. The summed E-state index contributed by atoms with van der Waals surface area (Å²) >= 11 is 0. The van der Waals surface area contributed by atoms with Gasteiger partial charge in [0.15, 0.2) is 11.8 Å². The van der Waals surface area contributed by atoms with Crippen molar-refractivity contribution in [2.24, 2.45) is 12.0 Å². The Hall–Kier alpha value is -2.16. The van der Waals surface area contributed by atoms with E-state index in [1.807, 2.05) is 23.4 Å². The molecule has 2 aliphatic heterocycles.